The van der Waals surface area contributed by atoms with E-state index in [1.54, 1.807) is 24.3 Å². The Morgan fingerprint density at radius 2 is 1.81 bits per heavy atom. The topological polar surface area (TPSA) is 59.3 Å². The lowest BCUT2D eigenvalue weighted by molar-refractivity contribution is 0.102. The fourth-order valence-electron chi connectivity index (χ4n) is 2.94. The van der Waals surface area contributed by atoms with E-state index in [1.807, 2.05) is 19.1 Å². The van der Waals surface area contributed by atoms with Gasteiger partial charge in [-0.3, -0.25) is 9.59 Å². The first kappa shape index (κ1) is 16.0. The highest BCUT2D eigenvalue weighted by atomic mass is 19.1. The zero-order valence-corrected chi connectivity index (χ0v) is 13.9. The van der Waals surface area contributed by atoms with Gasteiger partial charge in [-0.15, -0.1) is 0 Å². The number of nitrogens with one attached hydrogen (secondary N) is 1. The fraction of sp³-hybridized carbons (Fsp3) is 0.0476. The van der Waals surface area contributed by atoms with E-state index >= 15 is 0 Å². The Kier molecular flexibility index (Phi) is 3.77. The zero-order chi connectivity index (χ0) is 18.3. The molecule has 0 spiro atoms. The third-order valence-corrected chi connectivity index (χ3v) is 4.30. The van der Waals surface area contributed by atoms with Crippen LogP contribution in [-0.4, -0.2) is 5.91 Å². The van der Waals surface area contributed by atoms with E-state index in [2.05, 4.69) is 5.32 Å². The van der Waals surface area contributed by atoms with Crippen LogP contribution in [0.4, 0.5) is 10.1 Å². The van der Waals surface area contributed by atoms with E-state index in [0.717, 1.165) is 5.56 Å². The first-order chi connectivity index (χ1) is 12.5. The van der Waals surface area contributed by atoms with E-state index in [0.29, 0.717) is 16.6 Å². The van der Waals surface area contributed by atoms with Gasteiger partial charge in [0, 0.05) is 17.3 Å². The van der Waals surface area contributed by atoms with Crippen LogP contribution in [0.15, 0.2) is 69.9 Å². The molecule has 0 aliphatic carbocycles. The van der Waals surface area contributed by atoms with Crippen LogP contribution in [0.3, 0.4) is 0 Å². The number of anilines is 1. The van der Waals surface area contributed by atoms with Crippen molar-refractivity contribution in [3.05, 3.63) is 87.8 Å². The average molecular weight is 347 g/mol. The van der Waals surface area contributed by atoms with Crippen LogP contribution in [0.5, 0.6) is 0 Å². The number of aryl methyl sites for hydroxylation is 1. The first-order valence-corrected chi connectivity index (χ1v) is 8.06. The van der Waals surface area contributed by atoms with Crippen LogP contribution in [-0.2, 0) is 0 Å². The van der Waals surface area contributed by atoms with Crippen LogP contribution in [0.2, 0.25) is 0 Å². The number of benzene rings is 3. The number of rotatable bonds is 2. The maximum atomic E-state index is 14.0. The van der Waals surface area contributed by atoms with Gasteiger partial charge in [-0.1, -0.05) is 24.3 Å². The standard InChI is InChI=1S/C21H14FNO3/c1-12-5-2-3-6-14(12)21(25)23-13-9-10-15-18(11-13)26-20-16(19(15)24)7-4-8-17(20)22/h2-11H,1H3,(H,23,25). The zero-order valence-electron chi connectivity index (χ0n) is 13.9. The third kappa shape index (κ3) is 2.63. The SMILES string of the molecule is Cc1ccccc1C(=O)Nc1ccc2c(=O)c3cccc(F)c3oc2c1. The molecule has 0 atom stereocenters. The molecule has 4 aromatic rings. The first-order valence-electron chi connectivity index (χ1n) is 8.06. The van der Waals surface area contributed by atoms with Crippen molar-refractivity contribution in [1.29, 1.82) is 0 Å². The molecule has 0 aliphatic rings. The summed E-state index contributed by atoms with van der Waals surface area (Å²) in [7, 11) is 0. The van der Waals surface area contributed by atoms with Crippen molar-refractivity contribution in [2.45, 2.75) is 6.92 Å². The summed E-state index contributed by atoms with van der Waals surface area (Å²) in [6.45, 7) is 1.85. The number of hydrogen-bond donors (Lipinski definition) is 1. The van der Waals surface area contributed by atoms with Crippen molar-refractivity contribution in [1.82, 2.24) is 0 Å². The Morgan fingerprint density at radius 3 is 2.62 bits per heavy atom. The van der Waals surface area contributed by atoms with Gasteiger partial charge in [-0.2, -0.15) is 0 Å². The van der Waals surface area contributed by atoms with Crippen LogP contribution in [0.25, 0.3) is 21.9 Å². The summed E-state index contributed by atoms with van der Waals surface area (Å²) in [4.78, 5) is 25.0. The minimum absolute atomic E-state index is 0.0904. The molecule has 0 unspecified atom stereocenters. The van der Waals surface area contributed by atoms with Gasteiger partial charge >= 0.3 is 0 Å². The van der Waals surface area contributed by atoms with Gasteiger partial charge in [0.1, 0.15) is 5.58 Å². The van der Waals surface area contributed by atoms with Gasteiger partial charge < -0.3 is 9.73 Å². The Hall–Kier alpha value is -3.47. The van der Waals surface area contributed by atoms with Crippen molar-refractivity contribution >= 4 is 33.5 Å². The second-order valence-electron chi connectivity index (χ2n) is 6.03. The number of amides is 1. The molecule has 0 fully saturated rings. The van der Waals surface area contributed by atoms with Crippen molar-refractivity contribution < 1.29 is 13.6 Å². The number of carbonyl (C=O) groups is 1. The van der Waals surface area contributed by atoms with Crippen LogP contribution in [0, 0.1) is 12.7 Å². The molecule has 0 aliphatic heterocycles. The van der Waals surface area contributed by atoms with Gasteiger partial charge in [0.05, 0.1) is 10.8 Å². The normalized spacial score (nSPS) is 11.0. The highest BCUT2D eigenvalue weighted by molar-refractivity contribution is 6.06. The predicted octanol–water partition coefficient (Wildman–Crippen LogP) is 4.65. The number of fused-ring (bicyclic) bond motifs is 2. The van der Waals surface area contributed by atoms with Crippen molar-refractivity contribution in [2.75, 3.05) is 5.32 Å². The second kappa shape index (κ2) is 6.11. The van der Waals surface area contributed by atoms with E-state index in [4.69, 9.17) is 4.42 Å². The van der Waals surface area contributed by atoms with E-state index in [9.17, 15) is 14.0 Å². The predicted molar refractivity (Wildman–Crippen MR) is 99.1 cm³/mol. The summed E-state index contributed by atoms with van der Waals surface area (Å²) in [6.07, 6.45) is 0. The lowest BCUT2D eigenvalue weighted by atomic mass is 10.1. The Balaban J connectivity index is 1.79. The minimum atomic E-state index is -0.601. The molecule has 4 rings (SSSR count). The highest BCUT2D eigenvalue weighted by Crippen LogP contribution is 2.24. The van der Waals surface area contributed by atoms with Gasteiger partial charge in [0.2, 0.25) is 5.43 Å². The largest absolute Gasteiger partial charge is 0.453 e. The number of halogens is 1. The maximum Gasteiger partial charge on any atom is 0.255 e. The minimum Gasteiger partial charge on any atom is -0.453 e. The lowest BCUT2D eigenvalue weighted by Crippen LogP contribution is -2.13. The van der Waals surface area contributed by atoms with Crippen LogP contribution in [0.1, 0.15) is 15.9 Å². The Morgan fingerprint density at radius 1 is 1.00 bits per heavy atom. The summed E-state index contributed by atoms with van der Waals surface area (Å²) in [5.74, 6) is -0.868. The van der Waals surface area contributed by atoms with Gasteiger partial charge in [-0.05, 0) is 42.8 Å². The number of para-hydroxylation sites is 1. The van der Waals surface area contributed by atoms with Crippen LogP contribution < -0.4 is 10.7 Å². The van der Waals surface area contributed by atoms with E-state index in [-0.39, 0.29) is 27.9 Å². The molecule has 0 saturated carbocycles. The monoisotopic (exact) mass is 347 g/mol. The lowest BCUT2D eigenvalue weighted by Gasteiger charge is -2.08. The second-order valence-corrected chi connectivity index (χ2v) is 6.03. The highest BCUT2D eigenvalue weighted by Gasteiger charge is 2.13. The molecule has 0 radical (unpaired) electrons. The molecule has 1 N–H and O–H groups in total. The molecule has 0 saturated heterocycles. The quantitative estimate of drug-likeness (QED) is 0.537. The molecule has 3 aromatic carbocycles. The molecular formula is C21H14FNO3. The fourth-order valence-corrected chi connectivity index (χ4v) is 2.94. The van der Waals surface area contributed by atoms with Gasteiger partial charge in [0.15, 0.2) is 11.4 Å². The molecule has 1 heterocycles. The number of carbonyl (C=O) groups excluding carboxylic acids is 1. The summed E-state index contributed by atoms with van der Waals surface area (Å²) < 4.78 is 19.6. The van der Waals surface area contributed by atoms with Crippen molar-refractivity contribution in [3.63, 3.8) is 0 Å². The molecular weight excluding hydrogens is 333 g/mol. The van der Waals surface area contributed by atoms with E-state index in [1.165, 1.54) is 24.3 Å². The summed E-state index contributed by atoms with van der Waals surface area (Å²) in [5.41, 5.74) is 1.69. The molecule has 1 amide bonds. The third-order valence-electron chi connectivity index (χ3n) is 4.30. The van der Waals surface area contributed by atoms with Crippen LogP contribution >= 0.6 is 0 Å². The summed E-state index contributed by atoms with van der Waals surface area (Å²) in [5, 5.41) is 3.30. The Bertz CT molecular complexity index is 1230. The summed E-state index contributed by atoms with van der Waals surface area (Å²) >= 11 is 0. The van der Waals surface area contributed by atoms with E-state index < -0.39 is 5.82 Å². The molecule has 1 aromatic heterocycles. The molecule has 26 heavy (non-hydrogen) atoms. The van der Waals surface area contributed by atoms with Gasteiger partial charge in [0.25, 0.3) is 5.91 Å². The molecule has 128 valence electrons. The van der Waals surface area contributed by atoms with Gasteiger partial charge in [-0.25, -0.2) is 4.39 Å². The molecule has 0 bridgehead atoms. The molecule has 4 nitrogen and oxygen atoms in total. The Labute approximate surface area is 147 Å². The summed E-state index contributed by atoms with van der Waals surface area (Å²) in [6, 6.07) is 16.2. The van der Waals surface area contributed by atoms with Crippen molar-refractivity contribution in [2.24, 2.45) is 0 Å². The number of hydrogen-bond acceptors (Lipinski definition) is 3. The molecule has 5 heteroatoms. The average Bonchev–Trinajstić information content (AvgIpc) is 2.63. The smallest absolute Gasteiger partial charge is 0.255 e. The van der Waals surface area contributed by atoms with Crippen molar-refractivity contribution in [3.8, 4) is 0 Å². The maximum absolute atomic E-state index is 14.0.